The van der Waals surface area contributed by atoms with Crippen molar-refractivity contribution in [3.05, 3.63) is 112 Å². The second-order valence-corrected chi connectivity index (χ2v) is 12.0. The highest BCUT2D eigenvalue weighted by atomic mass is 35.5. The Hall–Kier alpha value is -3.64. The van der Waals surface area contributed by atoms with Gasteiger partial charge in [0.25, 0.3) is 26.0 Å². The third kappa shape index (κ3) is 6.43. The van der Waals surface area contributed by atoms with Gasteiger partial charge in [-0.1, -0.05) is 41.4 Å². The van der Waals surface area contributed by atoms with Gasteiger partial charge in [-0.25, -0.2) is 21.2 Å². The molecule has 0 unspecified atom stereocenters. The summed E-state index contributed by atoms with van der Waals surface area (Å²) < 4.78 is 69.1. The molecule has 0 heterocycles. The molecule has 1 amide bonds. The third-order valence-electron chi connectivity index (χ3n) is 5.11. The molecule has 4 aromatic carbocycles. The van der Waals surface area contributed by atoms with E-state index in [-0.39, 0.29) is 42.5 Å². The van der Waals surface area contributed by atoms with Crippen LogP contribution in [0.5, 0.6) is 0 Å². The van der Waals surface area contributed by atoms with Crippen molar-refractivity contribution in [3.63, 3.8) is 0 Å². The van der Waals surface area contributed by atoms with E-state index < -0.39 is 31.8 Å². The molecule has 196 valence electrons. The van der Waals surface area contributed by atoms with Gasteiger partial charge < -0.3 is 5.32 Å². The lowest BCUT2D eigenvalue weighted by molar-refractivity contribution is 0.102. The van der Waals surface area contributed by atoms with Crippen molar-refractivity contribution >= 4 is 66.2 Å². The Morgan fingerprint density at radius 1 is 0.658 bits per heavy atom. The number of amides is 1. The summed E-state index contributed by atoms with van der Waals surface area (Å²) in [5.74, 6) is -1.31. The Morgan fingerprint density at radius 3 is 2.03 bits per heavy atom. The first kappa shape index (κ1) is 27.4. The van der Waals surface area contributed by atoms with Crippen LogP contribution in [0.3, 0.4) is 0 Å². The Balaban J connectivity index is 1.56. The number of carbonyl (C=O) groups is 1. The molecule has 0 atom stereocenters. The summed E-state index contributed by atoms with van der Waals surface area (Å²) in [7, 11) is -8.19. The van der Waals surface area contributed by atoms with Crippen LogP contribution in [0.1, 0.15) is 10.4 Å². The number of hydrogen-bond donors (Lipinski definition) is 3. The molecule has 0 spiro atoms. The monoisotopic (exact) mass is 593 g/mol. The number of anilines is 3. The molecule has 0 aliphatic heterocycles. The smallest absolute Gasteiger partial charge is 0.262 e. The van der Waals surface area contributed by atoms with Crippen LogP contribution in [0.2, 0.25) is 10.0 Å². The number of rotatable bonds is 8. The second kappa shape index (κ2) is 11.0. The maximum atomic E-state index is 13.1. The number of hydrogen-bond acceptors (Lipinski definition) is 5. The van der Waals surface area contributed by atoms with Gasteiger partial charge in [-0.15, -0.1) is 0 Å². The average molecular weight is 594 g/mol. The van der Waals surface area contributed by atoms with Crippen molar-refractivity contribution < 1.29 is 26.0 Å². The van der Waals surface area contributed by atoms with Gasteiger partial charge in [-0.05, 0) is 72.8 Å². The van der Waals surface area contributed by atoms with E-state index in [1.54, 1.807) is 12.1 Å². The summed E-state index contributed by atoms with van der Waals surface area (Å²) in [5.41, 5.74) is 0.250. The lowest BCUT2D eigenvalue weighted by atomic mass is 10.2. The Morgan fingerprint density at radius 2 is 1.32 bits per heavy atom. The van der Waals surface area contributed by atoms with E-state index in [1.807, 2.05) is 0 Å². The molecular weight excluding hydrogens is 576 g/mol. The zero-order valence-corrected chi connectivity index (χ0v) is 22.3. The quantitative estimate of drug-likeness (QED) is 0.232. The molecule has 8 nitrogen and oxygen atoms in total. The largest absolute Gasteiger partial charge is 0.322 e. The first-order valence-corrected chi connectivity index (χ1v) is 14.4. The lowest BCUT2D eigenvalue weighted by Crippen LogP contribution is -2.17. The minimum Gasteiger partial charge on any atom is -0.322 e. The minimum absolute atomic E-state index is 0.0348. The van der Waals surface area contributed by atoms with E-state index in [0.29, 0.717) is 0 Å². The maximum Gasteiger partial charge on any atom is 0.262 e. The molecule has 0 radical (unpaired) electrons. The minimum atomic E-state index is -4.14. The van der Waals surface area contributed by atoms with Crippen LogP contribution >= 0.6 is 23.2 Å². The topological polar surface area (TPSA) is 121 Å². The van der Waals surface area contributed by atoms with Gasteiger partial charge in [-0.2, -0.15) is 0 Å². The predicted molar refractivity (Wildman–Crippen MR) is 145 cm³/mol. The highest BCUT2D eigenvalue weighted by molar-refractivity contribution is 7.93. The van der Waals surface area contributed by atoms with Gasteiger partial charge in [0.1, 0.15) is 5.82 Å². The van der Waals surface area contributed by atoms with Gasteiger partial charge in [0.2, 0.25) is 0 Å². The van der Waals surface area contributed by atoms with Crippen LogP contribution in [0.25, 0.3) is 0 Å². The van der Waals surface area contributed by atoms with Gasteiger partial charge in [0.05, 0.1) is 31.1 Å². The fourth-order valence-corrected chi connectivity index (χ4v) is 5.92. The van der Waals surface area contributed by atoms with Gasteiger partial charge in [0.15, 0.2) is 0 Å². The van der Waals surface area contributed by atoms with Crippen molar-refractivity contribution in [2.75, 3.05) is 14.8 Å². The third-order valence-corrected chi connectivity index (χ3v) is 8.51. The average Bonchev–Trinajstić information content (AvgIpc) is 2.87. The molecule has 13 heteroatoms. The number of carbonyl (C=O) groups excluding carboxylic acids is 1. The van der Waals surface area contributed by atoms with Crippen molar-refractivity contribution in [1.29, 1.82) is 0 Å². The summed E-state index contributed by atoms with van der Waals surface area (Å²) >= 11 is 12.2. The van der Waals surface area contributed by atoms with Crippen LogP contribution in [0.4, 0.5) is 21.5 Å². The van der Waals surface area contributed by atoms with Crippen LogP contribution < -0.4 is 14.8 Å². The molecule has 0 fully saturated rings. The highest BCUT2D eigenvalue weighted by Crippen LogP contribution is 2.27. The van der Waals surface area contributed by atoms with Crippen molar-refractivity contribution in [3.8, 4) is 0 Å². The first-order chi connectivity index (χ1) is 17.9. The molecule has 3 N–H and O–H groups in total. The van der Waals surface area contributed by atoms with E-state index in [0.717, 1.165) is 18.2 Å². The van der Waals surface area contributed by atoms with E-state index >= 15 is 0 Å². The zero-order valence-electron chi connectivity index (χ0n) is 19.2. The Labute approximate surface area is 228 Å². The van der Waals surface area contributed by atoms with Crippen molar-refractivity contribution in [2.45, 2.75) is 9.79 Å². The molecule has 0 bridgehead atoms. The molecule has 0 aliphatic carbocycles. The van der Waals surface area contributed by atoms with E-state index in [4.69, 9.17) is 23.2 Å². The van der Waals surface area contributed by atoms with Crippen molar-refractivity contribution in [2.24, 2.45) is 0 Å². The molecule has 0 aromatic heterocycles. The summed E-state index contributed by atoms with van der Waals surface area (Å²) in [4.78, 5) is 12.6. The fraction of sp³-hybridized carbons (Fsp3) is 0. The summed E-state index contributed by atoms with van der Waals surface area (Å²) in [6, 6.07) is 19.9. The number of halogens is 3. The van der Waals surface area contributed by atoms with E-state index in [2.05, 4.69) is 14.8 Å². The summed E-state index contributed by atoms with van der Waals surface area (Å²) in [5, 5.41) is 2.70. The van der Waals surface area contributed by atoms with Gasteiger partial charge in [-0.3, -0.25) is 14.2 Å². The highest BCUT2D eigenvalue weighted by Gasteiger charge is 2.21. The number of para-hydroxylation sites is 1. The normalized spacial score (nSPS) is 11.6. The summed E-state index contributed by atoms with van der Waals surface area (Å²) in [6.07, 6.45) is 0. The molecular formula is C25H18Cl2FN3O5S2. The molecule has 0 saturated carbocycles. The number of nitrogens with one attached hydrogen (secondary N) is 3. The van der Waals surface area contributed by atoms with Crippen LogP contribution in [-0.2, 0) is 20.0 Å². The van der Waals surface area contributed by atoms with Gasteiger partial charge in [0, 0.05) is 11.4 Å². The fourth-order valence-electron chi connectivity index (χ4n) is 3.26. The zero-order chi connectivity index (χ0) is 27.5. The van der Waals surface area contributed by atoms with Crippen LogP contribution in [0.15, 0.2) is 101 Å². The molecule has 38 heavy (non-hydrogen) atoms. The lowest BCUT2D eigenvalue weighted by Gasteiger charge is -2.13. The second-order valence-electron chi connectivity index (χ2n) is 7.82. The first-order valence-electron chi connectivity index (χ1n) is 10.7. The number of sulfonamides is 2. The maximum absolute atomic E-state index is 13.1. The standard InChI is InChI=1S/C25H18Cl2FN3O5S2/c26-22-13-12-20(37(33,34)30-17-10-8-16(28)9-11-17)15-21(22)25(32)29-18-4-3-5-19(14-18)38(35,36)31-24-7-2-1-6-23(24)27/h1-15,30-31H,(H,29,32). The van der Waals surface area contributed by atoms with Crippen LogP contribution in [-0.4, -0.2) is 22.7 Å². The Bertz CT molecular complexity index is 1730. The van der Waals surface area contributed by atoms with E-state index in [1.165, 1.54) is 60.7 Å². The molecule has 0 aliphatic rings. The Kier molecular flexibility index (Phi) is 7.93. The van der Waals surface area contributed by atoms with Gasteiger partial charge >= 0.3 is 0 Å². The van der Waals surface area contributed by atoms with Crippen molar-refractivity contribution in [1.82, 2.24) is 0 Å². The predicted octanol–water partition coefficient (Wildman–Crippen LogP) is 5.99. The molecule has 0 saturated heterocycles. The molecule has 4 rings (SSSR count). The SMILES string of the molecule is O=C(Nc1cccc(S(=O)(=O)Nc2ccccc2Cl)c1)c1cc(S(=O)(=O)Nc2ccc(F)cc2)ccc1Cl. The molecule has 4 aromatic rings. The van der Waals surface area contributed by atoms with Crippen LogP contribution in [0, 0.1) is 5.82 Å². The number of benzene rings is 4. The van der Waals surface area contributed by atoms with E-state index in [9.17, 15) is 26.0 Å². The summed E-state index contributed by atoms with van der Waals surface area (Å²) in [6.45, 7) is 0.